The fourth-order valence-electron chi connectivity index (χ4n) is 1.95. The summed E-state index contributed by atoms with van der Waals surface area (Å²) in [6.45, 7) is 5.61. The smallest absolute Gasteiger partial charge is 0.142 e. The Morgan fingerprint density at radius 3 is 2.63 bits per heavy atom. The van der Waals surface area contributed by atoms with Gasteiger partial charge in [-0.3, -0.25) is 0 Å². The van der Waals surface area contributed by atoms with Crippen LogP contribution in [-0.4, -0.2) is 21.3 Å². The van der Waals surface area contributed by atoms with Crippen molar-refractivity contribution in [1.29, 1.82) is 0 Å². The van der Waals surface area contributed by atoms with Gasteiger partial charge in [0.15, 0.2) is 0 Å². The second-order valence-electron chi connectivity index (χ2n) is 4.39. The molecule has 0 aliphatic heterocycles. The van der Waals surface area contributed by atoms with E-state index in [1.807, 2.05) is 42.0 Å². The first-order valence-corrected chi connectivity index (χ1v) is 6.68. The zero-order valence-corrected chi connectivity index (χ0v) is 11.4. The Morgan fingerprint density at radius 1 is 1.26 bits per heavy atom. The maximum Gasteiger partial charge on any atom is 0.142 e. The number of benzene rings is 1. The molecule has 0 saturated heterocycles. The van der Waals surface area contributed by atoms with Gasteiger partial charge < -0.3 is 14.4 Å². The lowest BCUT2D eigenvalue weighted by molar-refractivity contribution is 0.204. The highest BCUT2D eigenvalue weighted by atomic mass is 16.5. The third-order valence-corrected chi connectivity index (χ3v) is 3.00. The molecule has 2 rings (SSSR count). The van der Waals surface area contributed by atoms with E-state index >= 15 is 0 Å². The first-order chi connectivity index (χ1) is 9.26. The minimum Gasteiger partial charge on any atom is -0.494 e. The predicted molar refractivity (Wildman–Crippen MR) is 74.2 cm³/mol. The van der Waals surface area contributed by atoms with Gasteiger partial charge in [0, 0.05) is 18.9 Å². The predicted octanol–water partition coefficient (Wildman–Crippen LogP) is 2.77. The molecule has 0 spiro atoms. The molecular weight excluding hydrogens is 240 g/mol. The zero-order valence-electron chi connectivity index (χ0n) is 11.4. The van der Waals surface area contributed by atoms with Crippen LogP contribution in [-0.2, 0) is 6.54 Å². The van der Waals surface area contributed by atoms with E-state index in [1.165, 1.54) is 0 Å². The Hall–Kier alpha value is -1.81. The Kier molecular flexibility index (Phi) is 4.58. The quantitative estimate of drug-likeness (QED) is 0.868. The molecule has 0 amide bonds. The normalized spacial score (nSPS) is 12.4. The third-order valence-electron chi connectivity index (χ3n) is 3.00. The van der Waals surface area contributed by atoms with Crippen molar-refractivity contribution >= 4 is 0 Å². The van der Waals surface area contributed by atoms with Crippen molar-refractivity contribution in [2.75, 3.05) is 6.61 Å². The van der Waals surface area contributed by atoms with Crippen LogP contribution in [0, 0.1) is 0 Å². The van der Waals surface area contributed by atoms with Gasteiger partial charge in [0.2, 0.25) is 0 Å². The molecule has 1 atom stereocenters. The molecule has 2 aromatic rings. The summed E-state index contributed by atoms with van der Waals surface area (Å²) < 4.78 is 7.46. The van der Waals surface area contributed by atoms with Gasteiger partial charge in [0.1, 0.15) is 17.7 Å². The van der Waals surface area contributed by atoms with Crippen LogP contribution < -0.4 is 4.74 Å². The highest BCUT2D eigenvalue weighted by molar-refractivity contribution is 5.31. The van der Waals surface area contributed by atoms with E-state index < -0.39 is 6.10 Å². The largest absolute Gasteiger partial charge is 0.494 e. The molecule has 4 nitrogen and oxygen atoms in total. The molecule has 4 heteroatoms. The first-order valence-electron chi connectivity index (χ1n) is 6.68. The maximum absolute atomic E-state index is 10.3. The number of imidazole rings is 1. The van der Waals surface area contributed by atoms with E-state index in [4.69, 9.17) is 4.74 Å². The van der Waals surface area contributed by atoms with Crippen LogP contribution in [0.1, 0.15) is 37.8 Å². The summed E-state index contributed by atoms with van der Waals surface area (Å²) in [7, 11) is 0. The Bertz CT molecular complexity index is 505. The molecular formula is C15H20N2O2. The number of aryl methyl sites for hydroxylation is 1. The SMILES string of the molecule is CCCOc1ccc(C(O)c2nccn2CC)cc1. The Labute approximate surface area is 113 Å². The molecule has 0 fully saturated rings. The van der Waals surface area contributed by atoms with Crippen LogP contribution >= 0.6 is 0 Å². The van der Waals surface area contributed by atoms with Crippen molar-refractivity contribution in [3.8, 4) is 5.75 Å². The lowest BCUT2D eigenvalue weighted by Crippen LogP contribution is -2.08. The zero-order chi connectivity index (χ0) is 13.7. The van der Waals surface area contributed by atoms with E-state index in [9.17, 15) is 5.11 Å². The number of aliphatic hydroxyl groups excluding tert-OH is 1. The van der Waals surface area contributed by atoms with Gasteiger partial charge >= 0.3 is 0 Å². The molecule has 1 unspecified atom stereocenters. The van der Waals surface area contributed by atoms with E-state index in [1.54, 1.807) is 6.20 Å². The van der Waals surface area contributed by atoms with Gasteiger partial charge in [-0.15, -0.1) is 0 Å². The van der Waals surface area contributed by atoms with Crippen molar-refractivity contribution in [2.45, 2.75) is 32.9 Å². The van der Waals surface area contributed by atoms with Gasteiger partial charge in [-0.1, -0.05) is 19.1 Å². The molecule has 0 radical (unpaired) electrons. The van der Waals surface area contributed by atoms with Gasteiger partial charge in [0.25, 0.3) is 0 Å². The number of rotatable bonds is 6. The summed E-state index contributed by atoms with van der Waals surface area (Å²) in [5.41, 5.74) is 0.824. The number of hydrogen-bond donors (Lipinski definition) is 1. The van der Waals surface area contributed by atoms with Crippen molar-refractivity contribution in [3.63, 3.8) is 0 Å². The summed E-state index contributed by atoms with van der Waals surface area (Å²) in [5.74, 6) is 1.50. The second kappa shape index (κ2) is 6.38. The first kappa shape index (κ1) is 13.6. The Morgan fingerprint density at radius 2 is 2.00 bits per heavy atom. The van der Waals surface area contributed by atoms with Gasteiger partial charge in [0.05, 0.1) is 6.61 Å². The van der Waals surface area contributed by atoms with Crippen LogP contribution in [0.15, 0.2) is 36.7 Å². The van der Waals surface area contributed by atoms with Crippen molar-refractivity contribution in [2.24, 2.45) is 0 Å². The minimum absolute atomic E-state index is 0.671. The third kappa shape index (κ3) is 3.15. The molecule has 0 aliphatic carbocycles. The summed E-state index contributed by atoms with van der Waals surface area (Å²) in [4.78, 5) is 4.22. The Balaban J connectivity index is 2.13. The summed E-state index contributed by atoms with van der Waals surface area (Å²) >= 11 is 0. The monoisotopic (exact) mass is 260 g/mol. The minimum atomic E-state index is -0.699. The molecule has 1 N–H and O–H groups in total. The molecule has 0 aliphatic rings. The van der Waals surface area contributed by atoms with Crippen LogP contribution in [0.3, 0.4) is 0 Å². The summed E-state index contributed by atoms with van der Waals surface area (Å²) in [6, 6.07) is 7.52. The average Bonchev–Trinajstić information content (AvgIpc) is 2.93. The lowest BCUT2D eigenvalue weighted by Gasteiger charge is -2.13. The van der Waals surface area contributed by atoms with Crippen molar-refractivity contribution in [3.05, 3.63) is 48.0 Å². The highest BCUT2D eigenvalue weighted by Gasteiger charge is 2.15. The van der Waals surface area contributed by atoms with Crippen LogP contribution in [0.4, 0.5) is 0 Å². The van der Waals surface area contributed by atoms with Gasteiger partial charge in [-0.25, -0.2) is 4.98 Å². The lowest BCUT2D eigenvalue weighted by atomic mass is 10.1. The molecule has 1 heterocycles. The van der Waals surface area contributed by atoms with Crippen LogP contribution in [0.2, 0.25) is 0 Å². The van der Waals surface area contributed by atoms with E-state index in [2.05, 4.69) is 11.9 Å². The van der Waals surface area contributed by atoms with Crippen LogP contribution in [0.25, 0.3) is 0 Å². The average molecular weight is 260 g/mol. The summed E-state index contributed by atoms with van der Waals surface area (Å²) in [6.07, 6.45) is 3.87. The van der Waals surface area contributed by atoms with Gasteiger partial charge in [-0.2, -0.15) is 0 Å². The van der Waals surface area contributed by atoms with Crippen molar-refractivity contribution in [1.82, 2.24) is 9.55 Å². The number of nitrogens with zero attached hydrogens (tertiary/aromatic N) is 2. The number of aromatic nitrogens is 2. The molecule has 1 aromatic heterocycles. The van der Waals surface area contributed by atoms with E-state index in [0.29, 0.717) is 12.4 Å². The van der Waals surface area contributed by atoms with Crippen molar-refractivity contribution < 1.29 is 9.84 Å². The summed E-state index contributed by atoms with van der Waals surface area (Å²) in [5, 5.41) is 10.3. The molecule has 1 aromatic carbocycles. The highest BCUT2D eigenvalue weighted by Crippen LogP contribution is 2.23. The van der Waals surface area contributed by atoms with Gasteiger partial charge in [-0.05, 0) is 31.0 Å². The fourth-order valence-corrected chi connectivity index (χ4v) is 1.95. The van der Waals surface area contributed by atoms with E-state index in [-0.39, 0.29) is 0 Å². The molecule has 0 bridgehead atoms. The van der Waals surface area contributed by atoms with Crippen LogP contribution in [0.5, 0.6) is 5.75 Å². The molecule has 19 heavy (non-hydrogen) atoms. The topological polar surface area (TPSA) is 47.3 Å². The number of hydrogen-bond acceptors (Lipinski definition) is 3. The van der Waals surface area contributed by atoms with E-state index in [0.717, 1.165) is 24.3 Å². The number of aliphatic hydroxyl groups is 1. The second-order valence-corrected chi connectivity index (χ2v) is 4.39. The number of ether oxygens (including phenoxy) is 1. The fraction of sp³-hybridized carbons (Fsp3) is 0.400. The standard InChI is InChI=1S/C15H20N2O2/c1-3-11-19-13-7-5-12(6-8-13)14(18)15-16-9-10-17(15)4-2/h5-10,14,18H,3-4,11H2,1-2H3. The maximum atomic E-state index is 10.3. The molecule has 0 saturated carbocycles. The molecule has 102 valence electrons.